The molecule has 1 aliphatic rings. The van der Waals surface area contributed by atoms with Gasteiger partial charge in [-0.15, -0.1) is 0 Å². The Morgan fingerprint density at radius 3 is 2.47 bits per heavy atom. The molecule has 30 heavy (non-hydrogen) atoms. The van der Waals surface area contributed by atoms with Crippen molar-refractivity contribution < 1.29 is 23.8 Å². The summed E-state index contributed by atoms with van der Waals surface area (Å²) in [6.45, 7) is 5.43. The number of fused-ring (bicyclic) bond motifs is 1. The first-order chi connectivity index (χ1) is 14.7. The van der Waals surface area contributed by atoms with E-state index in [0.29, 0.717) is 12.3 Å². The number of furan rings is 1. The highest BCUT2D eigenvalue weighted by Crippen LogP contribution is 2.17. The third-order valence-corrected chi connectivity index (χ3v) is 5.65. The van der Waals surface area contributed by atoms with E-state index in [4.69, 9.17) is 4.42 Å². The fourth-order valence-electron chi connectivity index (χ4n) is 4.05. The highest BCUT2D eigenvalue weighted by molar-refractivity contribution is 5.94. The molecule has 2 aromatic carbocycles. The number of benzene rings is 2. The first-order valence-corrected chi connectivity index (χ1v) is 10.4. The normalized spacial score (nSPS) is 18.8. The molecule has 0 radical (unpaired) electrons. The van der Waals surface area contributed by atoms with Crippen molar-refractivity contribution in [2.45, 2.75) is 13.1 Å². The lowest BCUT2D eigenvalue weighted by atomic mass is 10.0. The van der Waals surface area contributed by atoms with Crippen LogP contribution in [0.25, 0.3) is 10.8 Å². The van der Waals surface area contributed by atoms with Gasteiger partial charge in [-0.3, -0.25) is 10.1 Å². The van der Waals surface area contributed by atoms with Crippen LogP contribution in [-0.2, 0) is 17.9 Å². The van der Waals surface area contributed by atoms with Gasteiger partial charge in [0.25, 0.3) is 5.91 Å². The van der Waals surface area contributed by atoms with Crippen molar-refractivity contribution in [3.8, 4) is 0 Å². The van der Waals surface area contributed by atoms with Crippen LogP contribution in [-0.4, -0.2) is 44.7 Å². The molecule has 4 N–H and O–H groups in total. The maximum absolute atomic E-state index is 12.2. The molecular formula is C23H28N4O3+2. The third kappa shape index (κ3) is 5.25. The zero-order valence-electron chi connectivity index (χ0n) is 16.9. The zero-order chi connectivity index (χ0) is 20.8. The number of urea groups is 1. The molecule has 0 spiro atoms. The van der Waals surface area contributed by atoms with Gasteiger partial charge < -0.3 is 19.5 Å². The molecule has 0 bridgehead atoms. The second-order valence-electron chi connectivity index (χ2n) is 7.80. The van der Waals surface area contributed by atoms with Crippen LogP contribution < -0.4 is 20.4 Å². The molecule has 7 heteroatoms. The van der Waals surface area contributed by atoms with Crippen LogP contribution in [0.15, 0.2) is 65.3 Å². The van der Waals surface area contributed by atoms with Gasteiger partial charge in [-0.1, -0.05) is 42.5 Å². The Labute approximate surface area is 175 Å². The Bertz CT molecular complexity index is 989. The molecule has 0 unspecified atom stereocenters. The van der Waals surface area contributed by atoms with Crippen LogP contribution in [0.2, 0.25) is 0 Å². The fourth-order valence-corrected chi connectivity index (χ4v) is 4.05. The van der Waals surface area contributed by atoms with Crippen molar-refractivity contribution in [1.29, 1.82) is 0 Å². The van der Waals surface area contributed by atoms with Crippen molar-refractivity contribution in [3.05, 3.63) is 72.2 Å². The quantitative estimate of drug-likeness (QED) is 0.454. The minimum absolute atomic E-state index is 0.251. The van der Waals surface area contributed by atoms with Gasteiger partial charge in [0.2, 0.25) is 0 Å². The number of rotatable bonds is 6. The maximum Gasteiger partial charge on any atom is 0.321 e. The van der Waals surface area contributed by atoms with E-state index in [2.05, 4.69) is 53.1 Å². The van der Waals surface area contributed by atoms with Gasteiger partial charge in [-0.25, -0.2) is 4.79 Å². The number of amides is 3. The molecule has 2 heterocycles. The Balaban J connectivity index is 1.20. The van der Waals surface area contributed by atoms with Crippen LogP contribution in [0.5, 0.6) is 0 Å². The Morgan fingerprint density at radius 1 is 0.900 bits per heavy atom. The number of quaternary nitrogens is 2. The first kappa shape index (κ1) is 20.1. The summed E-state index contributed by atoms with van der Waals surface area (Å²) in [7, 11) is 0. The topological polar surface area (TPSA) is 80.2 Å². The summed E-state index contributed by atoms with van der Waals surface area (Å²) in [5, 5.41) is 7.63. The third-order valence-electron chi connectivity index (χ3n) is 5.65. The van der Waals surface area contributed by atoms with Gasteiger partial charge in [0.05, 0.1) is 12.8 Å². The largest absolute Gasteiger partial charge is 0.467 e. The highest BCUT2D eigenvalue weighted by Gasteiger charge is 2.25. The Kier molecular flexibility index (Phi) is 6.41. The number of piperazine rings is 1. The maximum atomic E-state index is 12.2. The van der Waals surface area contributed by atoms with Gasteiger partial charge >= 0.3 is 6.03 Å². The standard InChI is InChI=1S/C23H26N4O3/c28-22(25-23(29)24-15-20-8-4-14-30-20)17-27-12-10-26(11-13-27)16-19-7-3-6-18-5-1-2-9-21(18)19/h1-9,14H,10-13,15-17H2,(H2,24,25,28,29)/p+2. The summed E-state index contributed by atoms with van der Waals surface area (Å²) < 4.78 is 5.15. The Morgan fingerprint density at radius 2 is 1.67 bits per heavy atom. The molecule has 0 atom stereocenters. The van der Waals surface area contributed by atoms with Crippen molar-refractivity contribution in [3.63, 3.8) is 0 Å². The molecule has 1 saturated heterocycles. The number of carbonyl (C=O) groups excluding carboxylic acids is 2. The lowest BCUT2D eigenvalue weighted by Gasteiger charge is -2.29. The SMILES string of the molecule is O=C(C[NH+]1CC[NH+](Cc2cccc3ccccc23)CC1)NC(=O)NCc1ccco1. The average Bonchev–Trinajstić information content (AvgIpc) is 3.28. The molecular weight excluding hydrogens is 380 g/mol. The van der Waals surface area contributed by atoms with E-state index < -0.39 is 6.03 Å². The summed E-state index contributed by atoms with van der Waals surface area (Å²) in [6, 6.07) is 18.0. The number of imide groups is 1. The predicted molar refractivity (Wildman–Crippen MR) is 113 cm³/mol. The second kappa shape index (κ2) is 9.56. The highest BCUT2D eigenvalue weighted by atomic mass is 16.3. The number of nitrogens with one attached hydrogen (secondary N) is 4. The molecule has 1 fully saturated rings. The van der Waals surface area contributed by atoms with Crippen molar-refractivity contribution >= 4 is 22.7 Å². The summed E-state index contributed by atoms with van der Waals surface area (Å²) in [5.41, 5.74) is 1.37. The summed E-state index contributed by atoms with van der Waals surface area (Å²) >= 11 is 0. The molecule has 0 aliphatic carbocycles. The van der Waals surface area contributed by atoms with Crippen molar-refractivity contribution in [1.82, 2.24) is 10.6 Å². The van der Waals surface area contributed by atoms with E-state index in [1.807, 2.05) is 0 Å². The first-order valence-electron chi connectivity index (χ1n) is 10.4. The van der Waals surface area contributed by atoms with E-state index in [-0.39, 0.29) is 12.5 Å². The molecule has 156 valence electrons. The van der Waals surface area contributed by atoms with Crippen LogP contribution in [0.3, 0.4) is 0 Å². The monoisotopic (exact) mass is 408 g/mol. The second-order valence-corrected chi connectivity index (χ2v) is 7.80. The smallest absolute Gasteiger partial charge is 0.321 e. The summed E-state index contributed by atoms with van der Waals surface area (Å²) in [5.74, 6) is 0.396. The number of hydrogen-bond acceptors (Lipinski definition) is 3. The molecule has 1 aliphatic heterocycles. The van der Waals surface area contributed by atoms with E-state index >= 15 is 0 Å². The molecule has 4 rings (SSSR count). The molecule has 3 aromatic rings. The van der Waals surface area contributed by atoms with Gasteiger partial charge in [0.1, 0.15) is 38.5 Å². The van der Waals surface area contributed by atoms with Crippen LogP contribution in [0, 0.1) is 0 Å². The fraction of sp³-hybridized carbons (Fsp3) is 0.304. The van der Waals surface area contributed by atoms with Gasteiger partial charge in [-0.2, -0.15) is 0 Å². The van der Waals surface area contributed by atoms with Crippen molar-refractivity contribution in [2.75, 3.05) is 32.7 Å². The lowest BCUT2D eigenvalue weighted by molar-refractivity contribution is -1.02. The minimum atomic E-state index is -0.490. The van der Waals surface area contributed by atoms with E-state index in [9.17, 15) is 9.59 Å². The number of hydrogen-bond donors (Lipinski definition) is 4. The lowest BCUT2D eigenvalue weighted by Crippen LogP contribution is -3.28. The zero-order valence-corrected chi connectivity index (χ0v) is 16.9. The Hall–Kier alpha value is -3.16. The van der Waals surface area contributed by atoms with Crippen LogP contribution >= 0.6 is 0 Å². The van der Waals surface area contributed by atoms with Crippen molar-refractivity contribution in [2.24, 2.45) is 0 Å². The van der Waals surface area contributed by atoms with Crippen LogP contribution in [0.4, 0.5) is 4.79 Å². The van der Waals surface area contributed by atoms with E-state index in [1.54, 1.807) is 18.4 Å². The van der Waals surface area contributed by atoms with Gasteiger partial charge in [0.15, 0.2) is 6.54 Å². The molecule has 0 saturated carbocycles. The van der Waals surface area contributed by atoms with Gasteiger partial charge in [-0.05, 0) is 22.9 Å². The molecule has 1 aromatic heterocycles. The minimum Gasteiger partial charge on any atom is -0.467 e. The van der Waals surface area contributed by atoms with E-state index in [1.165, 1.54) is 26.1 Å². The van der Waals surface area contributed by atoms with E-state index in [0.717, 1.165) is 32.7 Å². The number of carbonyl (C=O) groups is 2. The summed E-state index contributed by atoms with van der Waals surface area (Å²) in [6.07, 6.45) is 1.55. The predicted octanol–water partition coefficient (Wildman–Crippen LogP) is -0.258. The molecule has 7 nitrogen and oxygen atoms in total. The molecule has 3 amide bonds. The van der Waals surface area contributed by atoms with Crippen LogP contribution in [0.1, 0.15) is 11.3 Å². The average molecular weight is 409 g/mol. The summed E-state index contributed by atoms with van der Waals surface area (Å²) in [4.78, 5) is 26.8. The van der Waals surface area contributed by atoms with Gasteiger partial charge in [0, 0.05) is 5.56 Å².